The normalized spacial score (nSPS) is 11.6. The Bertz CT molecular complexity index is 1580. The van der Waals surface area contributed by atoms with E-state index in [1.54, 1.807) is 18.2 Å². The molecular weight excluding hydrogens is 558 g/mol. The van der Waals surface area contributed by atoms with E-state index in [1.807, 2.05) is 38.1 Å². The second kappa shape index (κ2) is 10.9. The molecule has 1 N–H and O–H groups in total. The topological polar surface area (TPSA) is 85.9 Å². The number of fused-ring (bicyclic) bond motifs is 1. The molecule has 0 aliphatic rings. The number of rotatable bonds is 7. The zero-order valence-electron chi connectivity index (χ0n) is 21.2. The smallest absolute Gasteiger partial charge is 0.282 e. The molecule has 4 aromatic rings. The standard InChI is InChI=1S/C28H27BrClN3O4/c1-6-37-22-11-16(4)20(13-19(22)15(2)3)27-32-21-10-8-7-9-18(21)28(35)33(27)31-14-17-12-23(36-5)26(34)25(30)24(17)29/h7-15,34H,6H2,1-5H3. The third-order valence-corrected chi connectivity index (χ3v) is 7.43. The van der Waals surface area contributed by atoms with Gasteiger partial charge in [0.25, 0.3) is 5.56 Å². The molecule has 9 heteroatoms. The molecule has 1 heterocycles. The summed E-state index contributed by atoms with van der Waals surface area (Å²) >= 11 is 9.66. The predicted octanol–water partition coefficient (Wildman–Crippen LogP) is 6.91. The number of hydrogen-bond donors (Lipinski definition) is 1. The molecule has 7 nitrogen and oxygen atoms in total. The second-order valence-electron chi connectivity index (χ2n) is 8.75. The van der Waals surface area contributed by atoms with Crippen molar-refractivity contribution in [2.24, 2.45) is 5.10 Å². The Hall–Kier alpha value is -3.36. The van der Waals surface area contributed by atoms with Crippen molar-refractivity contribution in [3.05, 3.63) is 79.0 Å². The first-order valence-electron chi connectivity index (χ1n) is 11.8. The van der Waals surface area contributed by atoms with Crippen molar-refractivity contribution in [1.29, 1.82) is 0 Å². The van der Waals surface area contributed by atoms with Crippen LogP contribution in [0.2, 0.25) is 5.02 Å². The number of aromatic hydroxyl groups is 1. The number of methoxy groups -OCH3 is 1. The fourth-order valence-corrected chi connectivity index (χ4v) is 4.66. The Morgan fingerprint density at radius 2 is 1.95 bits per heavy atom. The summed E-state index contributed by atoms with van der Waals surface area (Å²) in [6, 6.07) is 12.7. The minimum atomic E-state index is -0.316. The van der Waals surface area contributed by atoms with Gasteiger partial charge in [-0.3, -0.25) is 4.79 Å². The van der Waals surface area contributed by atoms with Gasteiger partial charge in [0.1, 0.15) is 10.8 Å². The molecule has 0 unspecified atom stereocenters. The van der Waals surface area contributed by atoms with Crippen LogP contribution in [0.4, 0.5) is 0 Å². The molecule has 0 saturated carbocycles. The van der Waals surface area contributed by atoms with Crippen molar-refractivity contribution in [1.82, 2.24) is 9.66 Å². The summed E-state index contributed by atoms with van der Waals surface area (Å²) in [4.78, 5) is 18.5. The van der Waals surface area contributed by atoms with Gasteiger partial charge in [0.15, 0.2) is 17.3 Å². The number of phenolic OH excluding ortho intramolecular Hbond substituents is 1. The summed E-state index contributed by atoms with van der Waals surface area (Å²) in [5.41, 5.74) is 3.45. The van der Waals surface area contributed by atoms with Crippen LogP contribution >= 0.6 is 27.5 Å². The second-order valence-corrected chi connectivity index (χ2v) is 9.92. The highest BCUT2D eigenvalue weighted by atomic mass is 79.9. The molecule has 0 amide bonds. The van der Waals surface area contributed by atoms with Crippen LogP contribution in [-0.4, -0.2) is 34.7 Å². The number of aryl methyl sites for hydroxylation is 1. The van der Waals surface area contributed by atoms with E-state index in [9.17, 15) is 9.90 Å². The molecule has 0 spiro atoms. The minimum absolute atomic E-state index is 0.0777. The number of phenols is 1. The van der Waals surface area contributed by atoms with Crippen LogP contribution in [0.15, 0.2) is 56.8 Å². The first-order valence-corrected chi connectivity index (χ1v) is 12.9. The van der Waals surface area contributed by atoms with E-state index in [-0.39, 0.29) is 28.0 Å². The average molecular weight is 585 g/mol. The number of benzene rings is 3. The quantitative estimate of drug-likeness (QED) is 0.239. The summed E-state index contributed by atoms with van der Waals surface area (Å²) < 4.78 is 12.8. The van der Waals surface area contributed by atoms with Crippen LogP contribution in [0.5, 0.6) is 17.2 Å². The Labute approximate surface area is 228 Å². The van der Waals surface area contributed by atoms with E-state index in [1.165, 1.54) is 18.0 Å². The van der Waals surface area contributed by atoms with Crippen molar-refractivity contribution in [2.45, 2.75) is 33.6 Å². The molecule has 0 fully saturated rings. The number of halogens is 2. The Kier molecular flexibility index (Phi) is 7.90. The lowest BCUT2D eigenvalue weighted by atomic mass is 9.96. The fraction of sp³-hybridized carbons (Fsp3) is 0.250. The Morgan fingerprint density at radius 1 is 1.22 bits per heavy atom. The summed E-state index contributed by atoms with van der Waals surface area (Å²) in [6.07, 6.45) is 1.48. The fourth-order valence-electron chi connectivity index (χ4n) is 4.06. The van der Waals surface area contributed by atoms with Crippen molar-refractivity contribution in [3.63, 3.8) is 0 Å². The zero-order chi connectivity index (χ0) is 26.9. The van der Waals surface area contributed by atoms with E-state index < -0.39 is 0 Å². The number of ether oxygens (including phenoxy) is 2. The molecule has 192 valence electrons. The van der Waals surface area contributed by atoms with E-state index in [2.05, 4.69) is 34.9 Å². The third kappa shape index (κ3) is 5.08. The van der Waals surface area contributed by atoms with Crippen molar-refractivity contribution < 1.29 is 14.6 Å². The predicted molar refractivity (Wildman–Crippen MR) is 152 cm³/mol. The highest BCUT2D eigenvalue weighted by Crippen LogP contribution is 2.41. The van der Waals surface area contributed by atoms with E-state index in [4.69, 9.17) is 26.1 Å². The number of aromatic nitrogens is 2. The first-order chi connectivity index (χ1) is 17.7. The van der Waals surface area contributed by atoms with Crippen molar-refractivity contribution in [2.75, 3.05) is 13.7 Å². The van der Waals surface area contributed by atoms with Gasteiger partial charge in [-0.2, -0.15) is 9.78 Å². The number of nitrogens with zero attached hydrogens (tertiary/aromatic N) is 3. The van der Waals surface area contributed by atoms with Crippen LogP contribution < -0.4 is 15.0 Å². The van der Waals surface area contributed by atoms with Gasteiger partial charge in [-0.15, -0.1) is 0 Å². The van der Waals surface area contributed by atoms with Crippen molar-refractivity contribution in [3.8, 4) is 28.6 Å². The molecule has 0 bridgehead atoms. The molecule has 0 atom stereocenters. The lowest BCUT2D eigenvalue weighted by Gasteiger charge is -2.18. The average Bonchev–Trinajstić information content (AvgIpc) is 2.88. The summed E-state index contributed by atoms with van der Waals surface area (Å²) in [5.74, 6) is 1.39. The molecule has 37 heavy (non-hydrogen) atoms. The van der Waals surface area contributed by atoms with Crippen molar-refractivity contribution >= 4 is 44.6 Å². The zero-order valence-corrected chi connectivity index (χ0v) is 23.5. The molecule has 0 aliphatic heterocycles. The lowest BCUT2D eigenvalue weighted by Crippen LogP contribution is -2.21. The highest BCUT2D eigenvalue weighted by molar-refractivity contribution is 9.10. The van der Waals surface area contributed by atoms with Crippen LogP contribution in [-0.2, 0) is 0 Å². The van der Waals surface area contributed by atoms with Gasteiger partial charge in [0, 0.05) is 15.6 Å². The molecule has 0 saturated heterocycles. The molecular formula is C28H27BrClN3O4. The monoisotopic (exact) mass is 583 g/mol. The molecule has 4 rings (SSSR count). The summed E-state index contributed by atoms with van der Waals surface area (Å²) in [5, 5.41) is 15.3. The number of hydrogen-bond acceptors (Lipinski definition) is 6. The summed E-state index contributed by atoms with van der Waals surface area (Å²) in [7, 11) is 1.43. The third-order valence-electron chi connectivity index (χ3n) is 5.98. The molecule has 0 aliphatic carbocycles. The van der Waals surface area contributed by atoms with Gasteiger partial charge in [-0.25, -0.2) is 4.98 Å². The van der Waals surface area contributed by atoms with Gasteiger partial charge in [0.2, 0.25) is 0 Å². The van der Waals surface area contributed by atoms with Crippen LogP contribution in [0.3, 0.4) is 0 Å². The maximum Gasteiger partial charge on any atom is 0.282 e. The SMILES string of the molecule is CCOc1cc(C)c(-c2nc3ccccc3c(=O)n2N=Cc2cc(OC)c(O)c(Cl)c2Br)cc1C(C)C. The van der Waals surface area contributed by atoms with Gasteiger partial charge in [-0.05, 0) is 77.2 Å². The molecule has 3 aromatic carbocycles. The Balaban J connectivity index is 2.00. The summed E-state index contributed by atoms with van der Waals surface area (Å²) in [6.45, 7) is 8.64. The molecule has 0 radical (unpaired) electrons. The van der Waals surface area contributed by atoms with E-state index in [0.29, 0.717) is 33.4 Å². The van der Waals surface area contributed by atoms with Gasteiger partial charge >= 0.3 is 0 Å². The molecule has 1 aromatic heterocycles. The minimum Gasteiger partial charge on any atom is -0.503 e. The maximum absolute atomic E-state index is 13.7. The van der Waals surface area contributed by atoms with Gasteiger partial charge in [0.05, 0.1) is 30.8 Å². The van der Waals surface area contributed by atoms with Crippen LogP contribution in [0, 0.1) is 6.92 Å². The Morgan fingerprint density at radius 3 is 2.62 bits per heavy atom. The van der Waals surface area contributed by atoms with E-state index in [0.717, 1.165) is 22.4 Å². The highest BCUT2D eigenvalue weighted by Gasteiger charge is 2.19. The van der Waals surface area contributed by atoms with E-state index >= 15 is 0 Å². The largest absolute Gasteiger partial charge is 0.503 e. The lowest BCUT2D eigenvalue weighted by molar-refractivity contribution is 0.335. The maximum atomic E-state index is 13.7. The number of para-hydroxylation sites is 1. The van der Waals surface area contributed by atoms with Crippen LogP contribution in [0.1, 0.15) is 43.4 Å². The van der Waals surface area contributed by atoms with Crippen LogP contribution in [0.25, 0.3) is 22.3 Å². The van der Waals surface area contributed by atoms with Gasteiger partial charge in [-0.1, -0.05) is 37.6 Å². The first kappa shape index (κ1) is 26.7. The van der Waals surface area contributed by atoms with Gasteiger partial charge < -0.3 is 14.6 Å².